The third-order valence-electron chi connectivity index (χ3n) is 0.666. The minimum absolute atomic E-state index is 2.70. The lowest BCUT2D eigenvalue weighted by atomic mass is 10.7. The summed E-state index contributed by atoms with van der Waals surface area (Å²) in [6.07, 6.45) is -10.7. The van der Waals surface area contributed by atoms with Crippen LogP contribution in [0, 0.1) is 0 Å². The molecule has 0 aliphatic heterocycles. The predicted molar refractivity (Wildman–Crippen MR) is 24.3 cm³/mol. The van der Waals surface area contributed by atoms with Crippen molar-refractivity contribution in [3.63, 3.8) is 0 Å². The van der Waals surface area contributed by atoms with E-state index >= 15 is 0 Å². The molecule has 0 aliphatic rings. The molecular weight excluding hydrogens is 353 g/mol. The number of hydrogen-bond acceptors (Lipinski definition) is 4. The molecule has 0 aromatic rings. The van der Waals surface area contributed by atoms with Gasteiger partial charge in [-0.3, -0.25) is 0 Å². The van der Waals surface area contributed by atoms with Crippen molar-refractivity contribution in [3.05, 3.63) is 0 Å². The SMILES string of the molecule is O=C(O[I+]OC(=O)C(F)(F)F)C(F)(F)F. The van der Waals surface area contributed by atoms with Crippen molar-refractivity contribution < 1.29 is 64.1 Å². The number of carbonyl (C=O) groups is 2. The van der Waals surface area contributed by atoms with E-state index in [1.807, 2.05) is 0 Å². The van der Waals surface area contributed by atoms with Crippen molar-refractivity contribution in [2.24, 2.45) is 0 Å². The fourth-order valence-electron chi connectivity index (χ4n) is 0.160. The van der Waals surface area contributed by atoms with E-state index in [9.17, 15) is 35.9 Å². The lowest BCUT2D eigenvalue weighted by Crippen LogP contribution is -3.62. The molecule has 11 heteroatoms. The normalized spacial score (nSPS) is 12.1. The van der Waals surface area contributed by atoms with Gasteiger partial charge < -0.3 is 0 Å². The van der Waals surface area contributed by atoms with Crippen LogP contribution in [0.2, 0.25) is 0 Å². The summed E-state index contributed by atoms with van der Waals surface area (Å²) in [4.78, 5) is 19.8. The van der Waals surface area contributed by atoms with Gasteiger partial charge >= 0.3 is 46.3 Å². The van der Waals surface area contributed by atoms with E-state index in [2.05, 4.69) is 6.13 Å². The molecule has 15 heavy (non-hydrogen) atoms. The van der Waals surface area contributed by atoms with Gasteiger partial charge in [0, 0.05) is 0 Å². The highest BCUT2D eigenvalue weighted by atomic mass is 127. The van der Waals surface area contributed by atoms with Gasteiger partial charge in [0.2, 0.25) is 0 Å². The van der Waals surface area contributed by atoms with E-state index in [-0.39, 0.29) is 0 Å². The van der Waals surface area contributed by atoms with Gasteiger partial charge in [-0.1, -0.05) is 0 Å². The third-order valence-corrected chi connectivity index (χ3v) is 1.83. The van der Waals surface area contributed by atoms with E-state index in [0.717, 1.165) is 0 Å². The number of halogens is 7. The Kier molecular flexibility index (Phi) is 4.61. The van der Waals surface area contributed by atoms with E-state index in [1.165, 1.54) is 0 Å². The summed E-state index contributed by atoms with van der Waals surface area (Å²) in [5.74, 6) is -5.41. The minimum atomic E-state index is -5.33. The third kappa shape index (κ3) is 5.64. The number of carbonyl (C=O) groups excluding carboxylic acids is 2. The van der Waals surface area contributed by atoms with Crippen molar-refractivity contribution in [2.75, 3.05) is 0 Å². The minimum Gasteiger partial charge on any atom is -0.236 e. The summed E-state index contributed by atoms with van der Waals surface area (Å²) in [5, 5.41) is 0. The second-order valence-corrected chi connectivity index (χ2v) is 3.03. The zero-order valence-electron chi connectivity index (χ0n) is 6.28. The summed E-state index contributed by atoms with van der Waals surface area (Å²) in [5.41, 5.74) is 0. The molecule has 0 heterocycles. The Morgan fingerprint density at radius 3 is 1.27 bits per heavy atom. The Balaban J connectivity index is 3.92. The second kappa shape index (κ2) is 4.85. The van der Waals surface area contributed by atoms with Gasteiger partial charge in [-0.2, -0.15) is 32.5 Å². The van der Waals surface area contributed by atoms with Crippen LogP contribution >= 0.6 is 0 Å². The molecular formula is C4F6IO4+. The lowest BCUT2D eigenvalue weighted by molar-refractivity contribution is -1.04. The summed E-state index contributed by atoms with van der Waals surface area (Å²) in [7, 11) is 0. The van der Waals surface area contributed by atoms with Gasteiger partial charge in [-0.05, 0) is 0 Å². The van der Waals surface area contributed by atoms with Crippen molar-refractivity contribution in [3.8, 4) is 0 Å². The quantitative estimate of drug-likeness (QED) is 0.431. The predicted octanol–water partition coefficient (Wildman–Crippen LogP) is -1.88. The Morgan fingerprint density at radius 1 is 0.800 bits per heavy atom. The van der Waals surface area contributed by atoms with Gasteiger partial charge in [0.1, 0.15) is 0 Å². The Morgan fingerprint density at radius 2 is 1.07 bits per heavy atom. The van der Waals surface area contributed by atoms with Crippen LogP contribution in [0.25, 0.3) is 0 Å². The van der Waals surface area contributed by atoms with Crippen LogP contribution < -0.4 is 22.0 Å². The van der Waals surface area contributed by atoms with Crippen LogP contribution in [-0.4, -0.2) is 24.3 Å². The van der Waals surface area contributed by atoms with Crippen LogP contribution in [0.5, 0.6) is 0 Å². The average Bonchev–Trinajstić information content (AvgIpc) is 2.00. The first kappa shape index (κ1) is 14.2. The molecule has 0 aromatic heterocycles. The van der Waals surface area contributed by atoms with Crippen LogP contribution in [0.1, 0.15) is 0 Å². The molecule has 0 unspecified atom stereocenters. The van der Waals surface area contributed by atoms with Crippen molar-refractivity contribution >= 4 is 11.9 Å². The zero-order chi connectivity index (χ0) is 12.3. The molecule has 0 N–H and O–H groups in total. The fraction of sp³-hybridized carbons (Fsp3) is 0.500. The first-order chi connectivity index (χ1) is 6.55. The van der Waals surface area contributed by atoms with Crippen LogP contribution in [0.4, 0.5) is 26.3 Å². The van der Waals surface area contributed by atoms with E-state index in [4.69, 9.17) is 0 Å². The molecule has 88 valence electrons. The highest BCUT2D eigenvalue weighted by molar-refractivity contribution is 5.75. The summed E-state index contributed by atoms with van der Waals surface area (Å²) in [6, 6.07) is 0. The van der Waals surface area contributed by atoms with Gasteiger partial charge in [-0.15, -0.1) is 0 Å². The van der Waals surface area contributed by atoms with Gasteiger partial charge in [0.15, 0.2) is 0 Å². The molecule has 0 spiro atoms. The molecule has 0 atom stereocenters. The monoisotopic (exact) mass is 353 g/mol. The van der Waals surface area contributed by atoms with Crippen molar-refractivity contribution in [2.45, 2.75) is 12.4 Å². The Bertz CT molecular complexity index is 231. The zero-order valence-corrected chi connectivity index (χ0v) is 8.44. The summed E-state index contributed by atoms with van der Waals surface area (Å²) >= 11 is -2.73. The maximum absolute atomic E-state index is 11.4. The van der Waals surface area contributed by atoms with E-state index in [1.54, 1.807) is 0 Å². The molecule has 0 aliphatic carbocycles. The standard InChI is InChI=1S/C4F6IO4/c5-3(6,7)1(12)14-11-15-2(13)4(8,9)10/q+1. The number of rotatable bonds is 2. The van der Waals surface area contributed by atoms with E-state index < -0.39 is 46.3 Å². The van der Waals surface area contributed by atoms with Crippen molar-refractivity contribution in [1.82, 2.24) is 0 Å². The molecule has 0 fully saturated rings. The molecule has 0 saturated carbocycles. The molecule has 0 rings (SSSR count). The van der Waals surface area contributed by atoms with Crippen LogP contribution in [0.3, 0.4) is 0 Å². The maximum atomic E-state index is 11.4. The van der Waals surface area contributed by atoms with Crippen molar-refractivity contribution in [1.29, 1.82) is 0 Å². The smallest absolute Gasteiger partial charge is 0.236 e. The Hall–Kier alpha value is -0.750. The molecule has 0 aromatic carbocycles. The van der Waals surface area contributed by atoms with Gasteiger partial charge in [0.25, 0.3) is 0 Å². The largest absolute Gasteiger partial charge is 0.839 e. The molecule has 0 amide bonds. The molecule has 4 nitrogen and oxygen atoms in total. The number of alkyl halides is 6. The summed E-state index contributed by atoms with van der Waals surface area (Å²) in [6.45, 7) is 0. The Labute approximate surface area is 88.9 Å². The van der Waals surface area contributed by atoms with Gasteiger partial charge in [-0.25, -0.2) is 9.59 Å². The maximum Gasteiger partial charge on any atom is 0.839 e. The first-order valence-electron chi connectivity index (χ1n) is 2.76. The number of hydrogen-bond donors (Lipinski definition) is 0. The summed E-state index contributed by atoms with van der Waals surface area (Å²) < 4.78 is 74.9. The highest BCUT2D eigenvalue weighted by Crippen LogP contribution is 2.15. The molecule has 0 bridgehead atoms. The topological polar surface area (TPSA) is 52.6 Å². The van der Waals surface area contributed by atoms with E-state index in [0.29, 0.717) is 0 Å². The fourth-order valence-corrected chi connectivity index (χ4v) is 1.08. The second-order valence-electron chi connectivity index (χ2n) is 1.79. The van der Waals surface area contributed by atoms with Crippen LogP contribution in [0.15, 0.2) is 0 Å². The highest BCUT2D eigenvalue weighted by Gasteiger charge is 2.50. The van der Waals surface area contributed by atoms with Gasteiger partial charge in [0.05, 0.1) is 0 Å². The lowest BCUT2D eigenvalue weighted by Gasteiger charge is -1.97. The van der Waals surface area contributed by atoms with Crippen LogP contribution in [-0.2, 0) is 15.7 Å². The molecule has 0 radical (unpaired) electrons. The molecule has 0 saturated heterocycles. The first-order valence-corrected chi connectivity index (χ1v) is 4.52. The average molecular weight is 353 g/mol.